The van der Waals surface area contributed by atoms with Crippen LogP contribution in [0, 0.1) is 11.6 Å². The molecular weight excluding hydrogens is 280 g/mol. The molecule has 2 aromatic carbocycles. The Kier molecular flexibility index (Phi) is 5.10. The van der Waals surface area contributed by atoms with Crippen molar-refractivity contribution in [2.24, 2.45) is 0 Å². The predicted octanol–water partition coefficient (Wildman–Crippen LogP) is 4.16. The van der Waals surface area contributed by atoms with Gasteiger partial charge < -0.3 is 5.32 Å². The molecule has 0 bridgehead atoms. The minimum Gasteiger partial charge on any atom is -0.319 e. The lowest BCUT2D eigenvalue weighted by molar-refractivity contribution is 0.603. The second kappa shape index (κ2) is 6.82. The molecule has 0 spiro atoms. The van der Waals surface area contributed by atoms with Crippen LogP contribution in [0.4, 0.5) is 8.78 Å². The summed E-state index contributed by atoms with van der Waals surface area (Å²) in [5.74, 6) is -0.512. The first-order valence-electron chi connectivity index (χ1n) is 6.44. The van der Waals surface area contributed by atoms with Gasteiger partial charge in [-0.05, 0) is 48.9 Å². The maximum atomic E-state index is 13.5. The molecule has 0 fully saturated rings. The van der Waals surface area contributed by atoms with Crippen molar-refractivity contribution in [2.45, 2.75) is 12.3 Å². The molecule has 2 rings (SSSR count). The lowest BCUT2D eigenvalue weighted by Crippen LogP contribution is -2.19. The van der Waals surface area contributed by atoms with Gasteiger partial charge in [0.1, 0.15) is 11.6 Å². The number of benzene rings is 2. The predicted molar refractivity (Wildman–Crippen MR) is 78.2 cm³/mol. The second-order valence-corrected chi connectivity index (χ2v) is 5.17. The lowest BCUT2D eigenvalue weighted by atomic mass is 9.92. The monoisotopic (exact) mass is 295 g/mol. The minimum atomic E-state index is -0.411. The lowest BCUT2D eigenvalue weighted by Gasteiger charge is -2.17. The molecule has 0 aliphatic carbocycles. The first-order chi connectivity index (χ1) is 9.60. The Morgan fingerprint density at radius 2 is 1.80 bits per heavy atom. The summed E-state index contributed by atoms with van der Waals surface area (Å²) in [7, 11) is 1.86. The van der Waals surface area contributed by atoms with Crippen molar-refractivity contribution >= 4 is 11.6 Å². The smallest absolute Gasteiger partial charge is 0.142 e. The van der Waals surface area contributed by atoms with E-state index in [9.17, 15) is 8.78 Å². The minimum absolute atomic E-state index is 0.126. The molecule has 1 nitrogen and oxygen atoms in total. The van der Waals surface area contributed by atoms with Gasteiger partial charge >= 0.3 is 0 Å². The van der Waals surface area contributed by atoms with Gasteiger partial charge in [-0.25, -0.2) is 8.78 Å². The standard InChI is InChI=1S/C16H16ClF2N/c1-20-10-13(12-3-5-14(18)6-4-12)8-11-2-7-15(17)16(19)9-11/h2-7,9,13,20H,8,10H2,1H3. The fraction of sp³-hybridized carbons (Fsp3) is 0.250. The van der Waals surface area contributed by atoms with E-state index in [0.29, 0.717) is 6.42 Å². The van der Waals surface area contributed by atoms with Crippen molar-refractivity contribution in [2.75, 3.05) is 13.6 Å². The van der Waals surface area contributed by atoms with Crippen LogP contribution in [-0.2, 0) is 6.42 Å². The Balaban J connectivity index is 2.20. The van der Waals surface area contributed by atoms with Gasteiger partial charge in [-0.1, -0.05) is 29.8 Å². The zero-order chi connectivity index (χ0) is 14.5. The van der Waals surface area contributed by atoms with Crippen LogP contribution in [0.3, 0.4) is 0 Å². The molecule has 2 aromatic rings. The largest absolute Gasteiger partial charge is 0.319 e. The van der Waals surface area contributed by atoms with E-state index in [0.717, 1.165) is 17.7 Å². The number of rotatable bonds is 5. The van der Waals surface area contributed by atoms with Gasteiger partial charge in [-0.2, -0.15) is 0 Å². The molecule has 0 radical (unpaired) electrons. The summed E-state index contributed by atoms with van der Waals surface area (Å²) in [5.41, 5.74) is 1.90. The van der Waals surface area contributed by atoms with Gasteiger partial charge in [0.15, 0.2) is 0 Å². The van der Waals surface area contributed by atoms with Crippen LogP contribution >= 0.6 is 11.6 Å². The zero-order valence-corrected chi connectivity index (χ0v) is 11.9. The Hall–Kier alpha value is -1.45. The maximum Gasteiger partial charge on any atom is 0.142 e. The fourth-order valence-electron chi connectivity index (χ4n) is 2.24. The topological polar surface area (TPSA) is 12.0 Å². The molecule has 4 heteroatoms. The molecule has 1 unspecified atom stereocenters. The summed E-state index contributed by atoms with van der Waals surface area (Å²) in [6, 6.07) is 11.3. The van der Waals surface area contributed by atoms with Crippen molar-refractivity contribution in [1.82, 2.24) is 5.32 Å². The van der Waals surface area contributed by atoms with E-state index in [-0.39, 0.29) is 16.8 Å². The van der Waals surface area contributed by atoms with Crippen molar-refractivity contribution in [1.29, 1.82) is 0 Å². The molecule has 0 aromatic heterocycles. The third-order valence-electron chi connectivity index (χ3n) is 3.26. The Morgan fingerprint density at radius 1 is 1.10 bits per heavy atom. The molecule has 0 amide bonds. The van der Waals surface area contributed by atoms with Crippen LogP contribution in [0.25, 0.3) is 0 Å². The van der Waals surface area contributed by atoms with Gasteiger partial charge in [-0.3, -0.25) is 0 Å². The highest BCUT2D eigenvalue weighted by molar-refractivity contribution is 6.30. The summed E-state index contributed by atoms with van der Waals surface area (Å²) in [6.07, 6.45) is 0.667. The van der Waals surface area contributed by atoms with Crippen LogP contribution < -0.4 is 5.32 Å². The Bertz CT molecular complexity index is 569. The molecule has 0 saturated heterocycles. The van der Waals surface area contributed by atoms with Gasteiger partial charge in [-0.15, -0.1) is 0 Å². The van der Waals surface area contributed by atoms with Crippen LogP contribution in [0.15, 0.2) is 42.5 Å². The highest BCUT2D eigenvalue weighted by Gasteiger charge is 2.13. The highest BCUT2D eigenvalue weighted by Crippen LogP contribution is 2.23. The van der Waals surface area contributed by atoms with E-state index < -0.39 is 5.82 Å². The Morgan fingerprint density at radius 3 is 2.40 bits per heavy atom. The summed E-state index contributed by atoms with van der Waals surface area (Å²) >= 11 is 5.68. The molecular formula is C16H16ClF2N. The third-order valence-corrected chi connectivity index (χ3v) is 3.56. The maximum absolute atomic E-state index is 13.5. The van der Waals surface area contributed by atoms with Crippen molar-refractivity contribution in [3.63, 3.8) is 0 Å². The average Bonchev–Trinajstić information content (AvgIpc) is 2.43. The normalized spacial score (nSPS) is 12.4. The molecule has 20 heavy (non-hydrogen) atoms. The van der Waals surface area contributed by atoms with E-state index in [1.807, 2.05) is 13.1 Å². The fourth-order valence-corrected chi connectivity index (χ4v) is 2.36. The van der Waals surface area contributed by atoms with Crippen molar-refractivity contribution in [3.05, 3.63) is 70.2 Å². The Labute approximate surface area is 122 Å². The molecule has 106 valence electrons. The summed E-state index contributed by atoms with van der Waals surface area (Å²) in [4.78, 5) is 0. The van der Waals surface area contributed by atoms with Crippen LogP contribution in [0.5, 0.6) is 0 Å². The molecule has 1 atom stereocenters. The van der Waals surface area contributed by atoms with E-state index in [1.54, 1.807) is 18.2 Å². The summed E-state index contributed by atoms with van der Waals surface area (Å²) in [5, 5.41) is 3.24. The van der Waals surface area contributed by atoms with E-state index in [2.05, 4.69) is 5.32 Å². The van der Waals surface area contributed by atoms with Gasteiger partial charge in [0, 0.05) is 12.5 Å². The van der Waals surface area contributed by atoms with E-state index >= 15 is 0 Å². The number of hydrogen-bond acceptors (Lipinski definition) is 1. The number of halogens is 3. The van der Waals surface area contributed by atoms with Crippen molar-refractivity contribution in [3.8, 4) is 0 Å². The molecule has 0 saturated carbocycles. The zero-order valence-electron chi connectivity index (χ0n) is 11.2. The molecule has 1 N–H and O–H groups in total. The number of nitrogens with one attached hydrogen (secondary N) is 1. The SMILES string of the molecule is CNCC(Cc1ccc(Cl)c(F)c1)c1ccc(F)cc1. The van der Waals surface area contributed by atoms with Crippen LogP contribution in [-0.4, -0.2) is 13.6 Å². The number of hydrogen-bond donors (Lipinski definition) is 1. The third kappa shape index (κ3) is 3.78. The molecule has 0 aliphatic heterocycles. The quantitative estimate of drug-likeness (QED) is 0.873. The summed E-state index contributed by atoms with van der Waals surface area (Å²) < 4.78 is 26.5. The first-order valence-corrected chi connectivity index (χ1v) is 6.82. The summed E-state index contributed by atoms with van der Waals surface area (Å²) in [6.45, 7) is 0.732. The van der Waals surface area contributed by atoms with E-state index in [1.165, 1.54) is 18.2 Å². The van der Waals surface area contributed by atoms with E-state index in [4.69, 9.17) is 11.6 Å². The molecule has 0 heterocycles. The van der Waals surface area contributed by atoms with Gasteiger partial charge in [0.2, 0.25) is 0 Å². The van der Waals surface area contributed by atoms with Crippen LogP contribution in [0.1, 0.15) is 17.0 Å². The van der Waals surface area contributed by atoms with Crippen molar-refractivity contribution < 1.29 is 8.78 Å². The average molecular weight is 296 g/mol. The first kappa shape index (κ1) is 14.9. The highest BCUT2D eigenvalue weighted by atomic mass is 35.5. The van der Waals surface area contributed by atoms with Gasteiger partial charge in [0.25, 0.3) is 0 Å². The molecule has 0 aliphatic rings. The van der Waals surface area contributed by atoms with Crippen LogP contribution in [0.2, 0.25) is 5.02 Å². The second-order valence-electron chi connectivity index (χ2n) is 4.76. The number of likely N-dealkylation sites (N-methyl/N-ethyl adjacent to an activating group) is 1. The van der Waals surface area contributed by atoms with Gasteiger partial charge in [0.05, 0.1) is 5.02 Å².